The largest absolute Gasteiger partial charge is 0.493 e. The average Bonchev–Trinajstić information content (AvgIpc) is 2.89. The number of rotatable bonds is 3. The summed E-state index contributed by atoms with van der Waals surface area (Å²) in [5.74, 6) is 0.831. The number of pyridine rings is 1. The third kappa shape index (κ3) is 2.91. The molecule has 0 aliphatic carbocycles. The minimum Gasteiger partial charge on any atom is -0.493 e. The van der Waals surface area contributed by atoms with Gasteiger partial charge in [0.2, 0.25) is 5.91 Å². The second-order valence-corrected chi connectivity index (χ2v) is 5.02. The lowest BCUT2D eigenvalue weighted by molar-refractivity contribution is -0.115. The van der Waals surface area contributed by atoms with Crippen LogP contribution in [-0.4, -0.2) is 17.5 Å². The predicted octanol–water partition coefficient (Wildman–Crippen LogP) is 2.85. The van der Waals surface area contributed by atoms with Gasteiger partial charge in [0.1, 0.15) is 10.9 Å². The minimum atomic E-state index is -0.0759. The number of nitrogens with zero attached hydrogens (tertiary/aromatic N) is 1. The zero-order valence-electron chi connectivity index (χ0n) is 10.7. The third-order valence-corrected chi connectivity index (χ3v) is 3.35. The van der Waals surface area contributed by atoms with Gasteiger partial charge in [0.05, 0.1) is 13.0 Å². The first kappa shape index (κ1) is 12.9. The van der Waals surface area contributed by atoms with Gasteiger partial charge in [-0.2, -0.15) is 0 Å². The zero-order valence-corrected chi connectivity index (χ0v) is 11.5. The van der Waals surface area contributed by atoms with Crippen LogP contribution >= 0.6 is 11.6 Å². The number of hydrogen-bond acceptors (Lipinski definition) is 3. The average molecular weight is 289 g/mol. The van der Waals surface area contributed by atoms with Crippen molar-refractivity contribution in [1.82, 2.24) is 4.98 Å². The van der Waals surface area contributed by atoms with Crippen LogP contribution in [0.1, 0.15) is 11.1 Å². The standard InChI is InChI=1S/C15H13ClN2O2/c16-14-4-1-10(9-17-14)7-15(19)18-12-2-3-13-11(8-12)5-6-20-13/h1-4,8-9H,5-7H2,(H,18,19). The summed E-state index contributed by atoms with van der Waals surface area (Å²) >= 11 is 5.71. The fourth-order valence-corrected chi connectivity index (χ4v) is 2.28. The van der Waals surface area contributed by atoms with Crippen LogP contribution < -0.4 is 10.1 Å². The number of hydrogen-bond donors (Lipinski definition) is 1. The van der Waals surface area contributed by atoms with E-state index >= 15 is 0 Å². The van der Waals surface area contributed by atoms with Gasteiger partial charge >= 0.3 is 0 Å². The molecule has 0 spiro atoms. The van der Waals surface area contributed by atoms with Crippen LogP contribution in [0.25, 0.3) is 0 Å². The number of fused-ring (bicyclic) bond motifs is 1. The Bertz CT molecular complexity index is 641. The molecule has 0 saturated carbocycles. The van der Waals surface area contributed by atoms with Crippen molar-refractivity contribution in [1.29, 1.82) is 0 Å². The first-order chi connectivity index (χ1) is 9.70. The van der Waals surface area contributed by atoms with Gasteiger partial charge in [-0.25, -0.2) is 4.98 Å². The van der Waals surface area contributed by atoms with Crippen LogP contribution in [-0.2, 0) is 17.6 Å². The highest BCUT2D eigenvalue weighted by Gasteiger charge is 2.13. The van der Waals surface area contributed by atoms with E-state index in [1.165, 1.54) is 0 Å². The molecule has 1 N–H and O–H groups in total. The summed E-state index contributed by atoms with van der Waals surface area (Å²) < 4.78 is 5.43. The molecular formula is C15H13ClN2O2. The molecule has 1 aromatic carbocycles. The van der Waals surface area contributed by atoms with Gasteiger partial charge < -0.3 is 10.1 Å². The van der Waals surface area contributed by atoms with E-state index in [1.807, 2.05) is 18.2 Å². The molecule has 20 heavy (non-hydrogen) atoms. The van der Waals surface area contributed by atoms with Crippen LogP contribution in [0.3, 0.4) is 0 Å². The number of anilines is 1. The Morgan fingerprint density at radius 2 is 2.25 bits per heavy atom. The van der Waals surface area contributed by atoms with Crippen LogP contribution in [0.4, 0.5) is 5.69 Å². The normalized spacial score (nSPS) is 12.7. The summed E-state index contributed by atoms with van der Waals surface area (Å²) in [6.07, 6.45) is 2.77. The van der Waals surface area contributed by atoms with E-state index in [-0.39, 0.29) is 12.3 Å². The first-order valence-corrected chi connectivity index (χ1v) is 6.74. The predicted molar refractivity (Wildman–Crippen MR) is 77.2 cm³/mol. The maximum atomic E-state index is 12.0. The Kier molecular flexibility index (Phi) is 3.56. The maximum absolute atomic E-state index is 12.0. The van der Waals surface area contributed by atoms with Gasteiger partial charge in [-0.15, -0.1) is 0 Å². The lowest BCUT2D eigenvalue weighted by Gasteiger charge is -2.07. The Morgan fingerprint density at radius 1 is 1.35 bits per heavy atom. The Hall–Kier alpha value is -2.07. The summed E-state index contributed by atoms with van der Waals surface area (Å²) in [5.41, 5.74) is 2.76. The molecule has 1 aliphatic rings. The van der Waals surface area contributed by atoms with Crippen molar-refractivity contribution in [3.63, 3.8) is 0 Å². The lowest BCUT2D eigenvalue weighted by atomic mass is 10.1. The molecule has 0 radical (unpaired) electrons. The molecule has 0 fully saturated rings. The summed E-state index contributed by atoms with van der Waals surface area (Å²) in [6.45, 7) is 0.711. The van der Waals surface area contributed by atoms with Gasteiger partial charge in [0, 0.05) is 18.3 Å². The number of aromatic nitrogens is 1. The highest BCUT2D eigenvalue weighted by atomic mass is 35.5. The fraction of sp³-hybridized carbons (Fsp3) is 0.200. The van der Waals surface area contributed by atoms with Crippen molar-refractivity contribution in [3.8, 4) is 5.75 Å². The quantitative estimate of drug-likeness (QED) is 0.884. The van der Waals surface area contributed by atoms with E-state index in [2.05, 4.69) is 10.3 Å². The van der Waals surface area contributed by atoms with Crippen molar-refractivity contribution >= 4 is 23.2 Å². The molecule has 0 atom stereocenters. The number of benzene rings is 1. The molecule has 102 valence electrons. The van der Waals surface area contributed by atoms with Gasteiger partial charge in [-0.3, -0.25) is 4.79 Å². The first-order valence-electron chi connectivity index (χ1n) is 6.37. The molecule has 0 saturated heterocycles. The molecule has 3 rings (SSSR count). The van der Waals surface area contributed by atoms with E-state index in [1.54, 1.807) is 18.3 Å². The van der Waals surface area contributed by atoms with Gasteiger partial charge in [0.25, 0.3) is 0 Å². The van der Waals surface area contributed by atoms with Gasteiger partial charge in [0.15, 0.2) is 0 Å². The Morgan fingerprint density at radius 3 is 3.05 bits per heavy atom. The molecule has 1 amide bonds. The molecule has 4 nitrogen and oxygen atoms in total. The number of carbonyl (C=O) groups is 1. The second kappa shape index (κ2) is 5.51. The van der Waals surface area contributed by atoms with E-state index in [9.17, 15) is 4.79 Å². The van der Waals surface area contributed by atoms with Crippen molar-refractivity contribution in [2.75, 3.05) is 11.9 Å². The summed E-state index contributed by atoms with van der Waals surface area (Å²) in [6, 6.07) is 9.17. The van der Waals surface area contributed by atoms with Crippen LogP contribution in [0, 0.1) is 0 Å². The second-order valence-electron chi connectivity index (χ2n) is 4.64. The summed E-state index contributed by atoms with van der Waals surface area (Å²) in [5, 5.41) is 3.30. The third-order valence-electron chi connectivity index (χ3n) is 3.13. The van der Waals surface area contributed by atoms with Crippen molar-refractivity contribution in [2.45, 2.75) is 12.8 Å². The highest BCUT2D eigenvalue weighted by molar-refractivity contribution is 6.29. The molecular weight excluding hydrogens is 276 g/mol. The monoisotopic (exact) mass is 288 g/mol. The van der Waals surface area contributed by atoms with Crippen molar-refractivity contribution in [3.05, 3.63) is 52.8 Å². The van der Waals surface area contributed by atoms with E-state index < -0.39 is 0 Å². The van der Waals surface area contributed by atoms with Crippen LogP contribution in [0.2, 0.25) is 5.15 Å². The lowest BCUT2D eigenvalue weighted by Crippen LogP contribution is -2.14. The fourth-order valence-electron chi connectivity index (χ4n) is 2.17. The maximum Gasteiger partial charge on any atom is 0.228 e. The molecule has 5 heteroatoms. The number of carbonyl (C=O) groups excluding carboxylic acids is 1. The van der Waals surface area contributed by atoms with Crippen LogP contribution in [0.15, 0.2) is 36.5 Å². The minimum absolute atomic E-state index is 0.0759. The van der Waals surface area contributed by atoms with Crippen LogP contribution in [0.5, 0.6) is 5.75 Å². The number of ether oxygens (including phenoxy) is 1. The number of nitrogens with one attached hydrogen (secondary N) is 1. The van der Waals surface area contributed by atoms with E-state index in [4.69, 9.17) is 16.3 Å². The van der Waals surface area contributed by atoms with Gasteiger partial charge in [-0.05, 0) is 35.4 Å². The number of amides is 1. The van der Waals surface area contributed by atoms with Gasteiger partial charge in [-0.1, -0.05) is 17.7 Å². The highest BCUT2D eigenvalue weighted by Crippen LogP contribution is 2.27. The topological polar surface area (TPSA) is 51.2 Å². The number of halogens is 1. The molecule has 0 bridgehead atoms. The SMILES string of the molecule is O=C(Cc1ccc(Cl)nc1)Nc1ccc2c(c1)CCO2. The Balaban J connectivity index is 1.65. The molecule has 2 aromatic rings. The molecule has 2 heterocycles. The Labute approximate surface area is 121 Å². The summed E-state index contributed by atoms with van der Waals surface area (Å²) in [7, 11) is 0. The van der Waals surface area contributed by atoms with Crippen molar-refractivity contribution < 1.29 is 9.53 Å². The molecule has 1 aromatic heterocycles. The van der Waals surface area contributed by atoms with E-state index in [0.717, 1.165) is 29.0 Å². The smallest absolute Gasteiger partial charge is 0.228 e. The molecule has 1 aliphatic heterocycles. The van der Waals surface area contributed by atoms with E-state index in [0.29, 0.717) is 11.8 Å². The van der Waals surface area contributed by atoms with Crippen molar-refractivity contribution in [2.24, 2.45) is 0 Å². The molecule has 0 unspecified atom stereocenters. The zero-order chi connectivity index (χ0) is 13.9. The summed E-state index contributed by atoms with van der Waals surface area (Å²) in [4.78, 5) is 15.9.